The standard InChI is InChI=1S/C10H20INO3/c1-10(2,3)15-6-5-12-7-8(11)9(13)14-4/h8,12H,5-7H2,1-4H3. The van der Waals surface area contributed by atoms with Crippen molar-refractivity contribution in [1.29, 1.82) is 0 Å². The fourth-order valence-corrected chi connectivity index (χ4v) is 1.44. The van der Waals surface area contributed by atoms with E-state index in [0.717, 1.165) is 6.54 Å². The van der Waals surface area contributed by atoms with Crippen molar-refractivity contribution in [3.63, 3.8) is 0 Å². The van der Waals surface area contributed by atoms with Gasteiger partial charge >= 0.3 is 5.97 Å². The number of alkyl halides is 1. The number of hydrogen-bond acceptors (Lipinski definition) is 4. The zero-order valence-electron chi connectivity index (χ0n) is 9.80. The molecule has 0 saturated heterocycles. The minimum atomic E-state index is -0.195. The van der Waals surface area contributed by atoms with Crippen LogP contribution in [0.15, 0.2) is 0 Å². The predicted molar refractivity (Wildman–Crippen MR) is 68.4 cm³/mol. The molecule has 1 N–H and O–H groups in total. The Morgan fingerprint density at radius 3 is 2.53 bits per heavy atom. The SMILES string of the molecule is COC(=O)C(I)CNCCOC(C)(C)C. The lowest BCUT2D eigenvalue weighted by molar-refractivity contribution is -0.139. The molecule has 0 radical (unpaired) electrons. The zero-order chi connectivity index (χ0) is 11.9. The molecule has 0 fully saturated rings. The Kier molecular flexibility index (Phi) is 7.46. The normalized spacial score (nSPS) is 13.7. The van der Waals surface area contributed by atoms with Crippen LogP contribution in [0.4, 0.5) is 0 Å². The van der Waals surface area contributed by atoms with Gasteiger partial charge in [0.05, 0.1) is 19.3 Å². The first-order chi connectivity index (χ1) is 6.87. The summed E-state index contributed by atoms with van der Waals surface area (Å²) in [5, 5.41) is 3.14. The first-order valence-electron chi connectivity index (χ1n) is 4.93. The van der Waals surface area contributed by atoms with Gasteiger partial charge in [-0.25, -0.2) is 0 Å². The predicted octanol–water partition coefficient (Wildman–Crippen LogP) is 1.37. The van der Waals surface area contributed by atoms with Gasteiger partial charge in [0, 0.05) is 13.1 Å². The summed E-state index contributed by atoms with van der Waals surface area (Å²) in [4.78, 5) is 11.0. The third-order valence-electron chi connectivity index (χ3n) is 1.59. The summed E-state index contributed by atoms with van der Waals surface area (Å²) in [6, 6.07) is 0. The van der Waals surface area contributed by atoms with E-state index >= 15 is 0 Å². The van der Waals surface area contributed by atoms with Gasteiger partial charge in [0.2, 0.25) is 0 Å². The van der Waals surface area contributed by atoms with E-state index in [4.69, 9.17) is 4.74 Å². The van der Waals surface area contributed by atoms with Crippen molar-refractivity contribution in [3.05, 3.63) is 0 Å². The van der Waals surface area contributed by atoms with E-state index in [2.05, 4.69) is 32.6 Å². The molecule has 1 atom stereocenters. The molecule has 0 saturated carbocycles. The lowest BCUT2D eigenvalue weighted by Gasteiger charge is -2.19. The maximum Gasteiger partial charge on any atom is 0.319 e. The Balaban J connectivity index is 3.43. The zero-order valence-corrected chi connectivity index (χ0v) is 12.0. The molecule has 0 heterocycles. The van der Waals surface area contributed by atoms with Crippen molar-refractivity contribution in [2.75, 3.05) is 26.8 Å². The molecule has 0 aromatic heterocycles. The van der Waals surface area contributed by atoms with Gasteiger partial charge in [-0.1, -0.05) is 22.6 Å². The molecule has 0 aliphatic heterocycles. The second-order valence-corrected chi connectivity index (χ2v) is 5.66. The van der Waals surface area contributed by atoms with Crippen LogP contribution in [-0.4, -0.2) is 42.3 Å². The minimum Gasteiger partial charge on any atom is -0.468 e. The van der Waals surface area contributed by atoms with Crippen LogP contribution in [0.25, 0.3) is 0 Å². The number of methoxy groups -OCH3 is 1. The Bertz CT molecular complexity index is 192. The summed E-state index contributed by atoms with van der Waals surface area (Å²) >= 11 is 2.06. The minimum absolute atomic E-state index is 0.103. The summed E-state index contributed by atoms with van der Waals surface area (Å²) in [6.07, 6.45) is 0. The van der Waals surface area contributed by atoms with Crippen LogP contribution < -0.4 is 5.32 Å². The largest absolute Gasteiger partial charge is 0.468 e. The molecule has 0 bridgehead atoms. The second-order valence-electron chi connectivity index (χ2n) is 4.16. The molecular weight excluding hydrogens is 309 g/mol. The van der Waals surface area contributed by atoms with E-state index in [1.165, 1.54) is 7.11 Å². The Hall–Kier alpha value is 0.120. The van der Waals surface area contributed by atoms with Crippen molar-refractivity contribution in [1.82, 2.24) is 5.32 Å². The third kappa shape index (κ3) is 9.07. The average molecular weight is 329 g/mol. The molecule has 4 nitrogen and oxygen atoms in total. The van der Waals surface area contributed by atoms with Gasteiger partial charge < -0.3 is 14.8 Å². The van der Waals surface area contributed by atoms with Gasteiger partial charge in [-0.15, -0.1) is 0 Å². The van der Waals surface area contributed by atoms with Crippen LogP contribution in [0, 0.1) is 0 Å². The van der Waals surface area contributed by atoms with Crippen LogP contribution in [0.2, 0.25) is 0 Å². The highest BCUT2D eigenvalue weighted by atomic mass is 127. The molecule has 0 aliphatic rings. The summed E-state index contributed by atoms with van der Waals surface area (Å²) in [7, 11) is 1.40. The summed E-state index contributed by atoms with van der Waals surface area (Å²) in [5.74, 6) is -0.195. The fraction of sp³-hybridized carbons (Fsp3) is 0.900. The first-order valence-corrected chi connectivity index (χ1v) is 6.18. The maximum absolute atomic E-state index is 11.0. The number of halogens is 1. The highest BCUT2D eigenvalue weighted by molar-refractivity contribution is 14.1. The van der Waals surface area contributed by atoms with E-state index in [1.54, 1.807) is 0 Å². The van der Waals surface area contributed by atoms with Crippen molar-refractivity contribution >= 4 is 28.6 Å². The highest BCUT2D eigenvalue weighted by Crippen LogP contribution is 2.05. The van der Waals surface area contributed by atoms with Crippen LogP contribution >= 0.6 is 22.6 Å². The molecule has 90 valence electrons. The van der Waals surface area contributed by atoms with Crippen molar-refractivity contribution in [2.45, 2.75) is 30.3 Å². The lowest BCUT2D eigenvalue weighted by Crippen LogP contribution is -2.33. The van der Waals surface area contributed by atoms with E-state index in [0.29, 0.717) is 13.2 Å². The van der Waals surface area contributed by atoms with Gasteiger partial charge in [-0.2, -0.15) is 0 Å². The molecule has 0 aliphatic carbocycles. The molecule has 0 aromatic carbocycles. The van der Waals surface area contributed by atoms with Gasteiger partial charge in [-0.3, -0.25) is 4.79 Å². The van der Waals surface area contributed by atoms with E-state index in [-0.39, 0.29) is 15.5 Å². The molecule has 0 spiro atoms. The first kappa shape index (κ1) is 15.1. The van der Waals surface area contributed by atoms with Crippen molar-refractivity contribution in [3.8, 4) is 0 Å². The van der Waals surface area contributed by atoms with Crippen LogP contribution in [0.1, 0.15) is 20.8 Å². The summed E-state index contributed by atoms with van der Waals surface area (Å²) < 4.78 is 9.99. The van der Waals surface area contributed by atoms with Gasteiger partial charge in [-0.05, 0) is 20.8 Å². The number of carbonyl (C=O) groups excluding carboxylic acids is 1. The fourth-order valence-electron chi connectivity index (χ4n) is 0.869. The number of ether oxygens (including phenoxy) is 2. The topological polar surface area (TPSA) is 47.6 Å². The Labute approximate surface area is 105 Å². The number of hydrogen-bond donors (Lipinski definition) is 1. The van der Waals surface area contributed by atoms with Crippen LogP contribution in [-0.2, 0) is 14.3 Å². The number of rotatable bonds is 6. The van der Waals surface area contributed by atoms with E-state index < -0.39 is 0 Å². The van der Waals surface area contributed by atoms with Crippen molar-refractivity contribution in [2.24, 2.45) is 0 Å². The van der Waals surface area contributed by atoms with Crippen molar-refractivity contribution < 1.29 is 14.3 Å². The third-order valence-corrected chi connectivity index (χ3v) is 2.54. The highest BCUT2D eigenvalue weighted by Gasteiger charge is 2.14. The summed E-state index contributed by atoms with van der Waals surface area (Å²) in [6.45, 7) is 8.05. The quantitative estimate of drug-likeness (QED) is 0.346. The van der Waals surface area contributed by atoms with E-state index in [9.17, 15) is 4.79 Å². The average Bonchev–Trinajstić information content (AvgIpc) is 2.14. The smallest absolute Gasteiger partial charge is 0.319 e. The maximum atomic E-state index is 11.0. The molecule has 0 aromatic rings. The monoisotopic (exact) mass is 329 g/mol. The lowest BCUT2D eigenvalue weighted by atomic mass is 10.2. The summed E-state index contributed by atoms with van der Waals surface area (Å²) in [5.41, 5.74) is -0.103. The molecule has 5 heteroatoms. The second kappa shape index (κ2) is 7.40. The van der Waals surface area contributed by atoms with Gasteiger partial charge in [0.1, 0.15) is 3.92 Å². The number of carbonyl (C=O) groups is 1. The molecular formula is C10H20INO3. The van der Waals surface area contributed by atoms with E-state index in [1.807, 2.05) is 20.8 Å². The molecule has 15 heavy (non-hydrogen) atoms. The van der Waals surface area contributed by atoms with Crippen LogP contribution in [0.3, 0.4) is 0 Å². The van der Waals surface area contributed by atoms with Gasteiger partial charge in [0.25, 0.3) is 0 Å². The number of esters is 1. The molecule has 1 unspecified atom stereocenters. The molecule has 0 rings (SSSR count). The Morgan fingerprint density at radius 2 is 2.07 bits per heavy atom. The molecule has 0 amide bonds. The van der Waals surface area contributed by atoms with Crippen LogP contribution in [0.5, 0.6) is 0 Å². The Morgan fingerprint density at radius 1 is 1.47 bits per heavy atom. The van der Waals surface area contributed by atoms with Gasteiger partial charge in [0.15, 0.2) is 0 Å². The number of nitrogens with one attached hydrogen (secondary N) is 1.